The summed E-state index contributed by atoms with van der Waals surface area (Å²) in [6.45, 7) is 6.36. The average molecular weight is 227 g/mol. The maximum absolute atomic E-state index is 5.72. The summed E-state index contributed by atoms with van der Waals surface area (Å²) in [5.41, 5.74) is 5.70. The summed E-state index contributed by atoms with van der Waals surface area (Å²) in [6.07, 6.45) is 4.06. The second-order valence-electron chi connectivity index (χ2n) is 5.12. The number of nitrogens with two attached hydrogens (primary N) is 1. The zero-order valence-electron chi connectivity index (χ0n) is 10.4. The van der Waals surface area contributed by atoms with Crippen LogP contribution in [-0.2, 0) is 4.74 Å². The summed E-state index contributed by atoms with van der Waals surface area (Å²) < 4.78 is 5.72. The van der Waals surface area contributed by atoms with E-state index < -0.39 is 0 Å². The predicted octanol–water partition coefficient (Wildman–Crippen LogP) is 0.130. The van der Waals surface area contributed by atoms with E-state index in [0.29, 0.717) is 12.1 Å². The number of likely N-dealkylation sites (N-methyl/N-ethyl adjacent to an activating group) is 1. The molecule has 16 heavy (non-hydrogen) atoms. The molecule has 0 aromatic carbocycles. The van der Waals surface area contributed by atoms with E-state index in [1.807, 2.05) is 0 Å². The minimum Gasteiger partial charge on any atom is -0.377 e. The van der Waals surface area contributed by atoms with Crippen LogP contribution in [0.15, 0.2) is 0 Å². The highest BCUT2D eigenvalue weighted by Crippen LogP contribution is 2.18. The van der Waals surface area contributed by atoms with E-state index in [0.717, 1.165) is 32.7 Å². The van der Waals surface area contributed by atoms with Gasteiger partial charge in [0.05, 0.1) is 6.10 Å². The average Bonchev–Trinajstić information content (AvgIpc) is 2.75. The fourth-order valence-electron chi connectivity index (χ4n) is 2.80. The third-order valence-electron chi connectivity index (χ3n) is 3.77. The molecule has 4 nitrogen and oxygen atoms in total. The van der Waals surface area contributed by atoms with Gasteiger partial charge in [0.15, 0.2) is 0 Å². The van der Waals surface area contributed by atoms with Crippen LogP contribution in [0.4, 0.5) is 0 Å². The first-order valence-electron chi connectivity index (χ1n) is 6.54. The van der Waals surface area contributed by atoms with Crippen molar-refractivity contribution >= 4 is 0 Å². The Hall–Kier alpha value is -0.160. The third kappa shape index (κ3) is 3.17. The highest BCUT2D eigenvalue weighted by Gasteiger charge is 2.28. The van der Waals surface area contributed by atoms with Gasteiger partial charge in [0, 0.05) is 38.8 Å². The van der Waals surface area contributed by atoms with Gasteiger partial charge in [0.2, 0.25) is 0 Å². The molecule has 0 aromatic heterocycles. The lowest BCUT2D eigenvalue weighted by Crippen LogP contribution is -2.54. The SMILES string of the molecule is CN1CCN(CC2CCCO2)C(CCN)C1. The molecule has 2 rings (SSSR count). The van der Waals surface area contributed by atoms with Crippen molar-refractivity contribution in [2.45, 2.75) is 31.4 Å². The fourth-order valence-corrected chi connectivity index (χ4v) is 2.80. The summed E-state index contributed by atoms with van der Waals surface area (Å²) in [5.74, 6) is 0. The number of nitrogens with zero attached hydrogens (tertiary/aromatic N) is 2. The van der Waals surface area contributed by atoms with Gasteiger partial charge in [-0.3, -0.25) is 4.90 Å². The summed E-state index contributed by atoms with van der Waals surface area (Å²) in [6, 6.07) is 0.632. The molecule has 94 valence electrons. The molecular weight excluding hydrogens is 202 g/mol. The largest absolute Gasteiger partial charge is 0.377 e. The van der Waals surface area contributed by atoms with Gasteiger partial charge in [-0.25, -0.2) is 0 Å². The van der Waals surface area contributed by atoms with E-state index in [4.69, 9.17) is 10.5 Å². The number of hydrogen-bond acceptors (Lipinski definition) is 4. The molecule has 0 aromatic rings. The van der Waals surface area contributed by atoms with Crippen molar-refractivity contribution in [2.75, 3.05) is 46.4 Å². The van der Waals surface area contributed by atoms with E-state index in [-0.39, 0.29) is 0 Å². The topological polar surface area (TPSA) is 41.7 Å². The fraction of sp³-hybridized carbons (Fsp3) is 1.00. The quantitative estimate of drug-likeness (QED) is 0.741. The van der Waals surface area contributed by atoms with E-state index in [2.05, 4.69) is 16.8 Å². The Morgan fingerprint density at radius 1 is 1.38 bits per heavy atom. The Balaban J connectivity index is 1.84. The molecule has 0 radical (unpaired) electrons. The van der Waals surface area contributed by atoms with Crippen molar-refractivity contribution in [2.24, 2.45) is 5.73 Å². The highest BCUT2D eigenvalue weighted by atomic mass is 16.5. The first-order valence-corrected chi connectivity index (χ1v) is 6.54. The monoisotopic (exact) mass is 227 g/mol. The van der Waals surface area contributed by atoms with E-state index >= 15 is 0 Å². The molecule has 2 atom stereocenters. The number of rotatable bonds is 4. The molecule has 0 aliphatic carbocycles. The number of piperazine rings is 1. The van der Waals surface area contributed by atoms with Crippen molar-refractivity contribution in [3.8, 4) is 0 Å². The van der Waals surface area contributed by atoms with Gasteiger partial charge in [-0.15, -0.1) is 0 Å². The highest BCUT2D eigenvalue weighted by molar-refractivity contribution is 4.83. The van der Waals surface area contributed by atoms with Gasteiger partial charge in [-0.2, -0.15) is 0 Å². The molecule has 2 aliphatic heterocycles. The van der Waals surface area contributed by atoms with Gasteiger partial charge in [0.1, 0.15) is 0 Å². The minimum absolute atomic E-state index is 0.476. The maximum atomic E-state index is 5.72. The minimum atomic E-state index is 0.476. The molecular formula is C12H25N3O. The van der Waals surface area contributed by atoms with Gasteiger partial charge >= 0.3 is 0 Å². The van der Waals surface area contributed by atoms with Crippen molar-refractivity contribution in [1.29, 1.82) is 0 Å². The van der Waals surface area contributed by atoms with Gasteiger partial charge < -0.3 is 15.4 Å². The van der Waals surface area contributed by atoms with E-state index in [1.54, 1.807) is 0 Å². The van der Waals surface area contributed by atoms with E-state index in [1.165, 1.54) is 25.9 Å². The normalized spacial score (nSPS) is 33.4. The molecule has 0 saturated carbocycles. The van der Waals surface area contributed by atoms with Crippen molar-refractivity contribution in [3.05, 3.63) is 0 Å². The predicted molar refractivity (Wildman–Crippen MR) is 65.5 cm³/mol. The Bertz CT molecular complexity index is 206. The lowest BCUT2D eigenvalue weighted by molar-refractivity contribution is 0.0244. The molecule has 2 N–H and O–H groups in total. The zero-order chi connectivity index (χ0) is 11.4. The lowest BCUT2D eigenvalue weighted by Gasteiger charge is -2.41. The molecule has 0 spiro atoms. The van der Waals surface area contributed by atoms with Crippen LogP contribution in [0.25, 0.3) is 0 Å². The molecule has 4 heteroatoms. The number of hydrogen-bond donors (Lipinski definition) is 1. The first kappa shape index (κ1) is 12.3. The Kier molecular flexibility index (Phi) is 4.58. The molecule has 2 heterocycles. The zero-order valence-corrected chi connectivity index (χ0v) is 10.4. The summed E-state index contributed by atoms with van der Waals surface area (Å²) in [5, 5.41) is 0. The number of ether oxygens (including phenoxy) is 1. The van der Waals surface area contributed by atoms with Crippen LogP contribution in [0.1, 0.15) is 19.3 Å². The second kappa shape index (κ2) is 5.96. The van der Waals surface area contributed by atoms with Crippen LogP contribution in [-0.4, -0.2) is 68.3 Å². The first-order chi connectivity index (χ1) is 7.79. The molecule has 2 fully saturated rings. The molecule has 2 unspecified atom stereocenters. The Morgan fingerprint density at radius 2 is 2.25 bits per heavy atom. The van der Waals surface area contributed by atoms with Crippen LogP contribution in [0, 0.1) is 0 Å². The standard InChI is InChI=1S/C12H25N3O/c1-14-6-7-15(11(9-14)4-5-13)10-12-3-2-8-16-12/h11-12H,2-10,13H2,1H3. The maximum Gasteiger partial charge on any atom is 0.0702 e. The van der Waals surface area contributed by atoms with Crippen LogP contribution in [0.5, 0.6) is 0 Å². The van der Waals surface area contributed by atoms with Crippen LogP contribution in [0.2, 0.25) is 0 Å². The Labute approximate surface area is 98.7 Å². The van der Waals surface area contributed by atoms with Gasteiger partial charge in [-0.1, -0.05) is 0 Å². The van der Waals surface area contributed by atoms with Crippen molar-refractivity contribution < 1.29 is 4.74 Å². The summed E-state index contributed by atoms with van der Waals surface area (Å²) in [4.78, 5) is 5.00. The second-order valence-corrected chi connectivity index (χ2v) is 5.12. The smallest absolute Gasteiger partial charge is 0.0702 e. The van der Waals surface area contributed by atoms with Crippen LogP contribution < -0.4 is 5.73 Å². The molecule has 2 aliphatic rings. The van der Waals surface area contributed by atoms with Gasteiger partial charge in [0.25, 0.3) is 0 Å². The van der Waals surface area contributed by atoms with E-state index in [9.17, 15) is 0 Å². The molecule has 2 saturated heterocycles. The lowest BCUT2D eigenvalue weighted by atomic mass is 10.1. The molecule has 0 amide bonds. The van der Waals surface area contributed by atoms with Crippen molar-refractivity contribution in [1.82, 2.24) is 9.80 Å². The van der Waals surface area contributed by atoms with Crippen LogP contribution >= 0.6 is 0 Å². The van der Waals surface area contributed by atoms with Crippen molar-refractivity contribution in [3.63, 3.8) is 0 Å². The Morgan fingerprint density at radius 3 is 2.94 bits per heavy atom. The third-order valence-corrected chi connectivity index (χ3v) is 3.77. The van der Waals surface area contributed by atoms with Crippen LogP contribution in [0.3, 0.4) is 0 Å². The molecule has 0 bridgehead atoms. The summed E-state index contributed by atoms with van der Waals surface area (Å²) in [7, 11) is 2.20. The summed E-state index contributed by atoms with van der Waals surface area (Å²) >= 11 is 0. The van der Waals surface area contributed by atoms with Gasteiger partial charge in [-0.05, 0) is 32.9 Å².